The Morgan fingerprint density at radius 2 is 1.49 bits per heavy atom. The largest absolute Gasteiger partial charge is 0.494 e. The fourth-order valence-electron chi connectivity index (χ4n) is 10.5. The van der Waals surface area contributed by atoms with Crippen molar-refractivity contribution >= 4 is 16.8 Å². The van der Waals surface area contributed by atoms with E-state index in [1.54, 1.807) is 0 Å². The first-order chi connectivity index (χ1) is 21.9. The van der Waals surface area contributed by atoms with Gasteiger partial charge in [0.2, 0.25) is 0 Å². The fourth-order valence-corrected chi connectivity index (χ4v) is 10.5. The Kier molecular flexibility index (Phi) is 7.51. The Morgan fingerprint density at radius 1 is 0.822 bits per heavy atom. The van der Waals surface area contributed by atoms with E-state index in [9.17, 15) is 15.0 Å². The van der Waals surface area contributed by atoms with Crippen LogP contribution in [0.3, 0.4) is 0 Å². The van der Waals surface area contributed by atoms with Gasteiger partial charge in [-0.25, -0.2) is 4.79 Å². The van der Waals surface area contributed by atoms with Gasteiger partial charge < -0.3 is 24.9 Å². The number of likely N-dealkylation sites (N-methyl/N-ethyl adjacent to an activating group) is 1. The zero-order chi connectivity index (χ0) is 30.8. The Bertz CT molecular complexity index is 1560. The molecule has 2 aromatic carbocycles. The van der Waals surface area contributed by atoms with Crippen LogP contribution in [0.5, 0.6) is 11.8 Å². The molecule has 3 heterocycles. The number of aromatic nitrogens is 1. The molecule has 3 aromatic rings. The lowest BCUT2D eigenvalue weighted by Gasteiger charge is -2.37. The number of carbonyl (C=O) groups is 1. The van der Waals surface area contributed by atoms with E-state index in [0.29, 0.717) is 24.3 Å². The molecule has 45 heavy (non-hydrogen) atoms. The Morgan fingerprint density at radius 3 is 2.24 bits per heavy atom. The second kappa shape index (κ2) is 11.6. The number of likely N-dealkylation sites (tertiary alicyclic amines) is 2. The molecule has 0 radical (unpaired) electrons. The lowest BCUT2D eigenvalue weighted by atomic mass is 9.82. The van der Waals surface area contributed by atoms with E-state index in [1.807, 2.05) is 21.4 Å². The van der Waals surface area contributed by atoms with Gasteiger partial charge in [-0.1, -0.05) is 55.8 Å². The molecule has 2 saturated carbocycles. The average molecular weight is 611 g/mol. The van der Waals surface area contributed by atoms with E-state index in [0.717, 1.165) is 69.5 Å². The number of amides is 2. The van der Waals surface area contributed by atoms with Crippen molar-refractivity contribution in [2.45, 2.75) is 88.6 Å². The van der Waals surface area contributed by atoms with Gasteiger partial charge in [0.1, 0.15) is 0 Å². The highest BCUT2D eigenvalue weighted by Crippen LogP contribution is 2.63. The zero-order valence-corrected chi connectivity index (χ0v) is 27.1. The topological polar surface area (TPSA) is 72.2 Å². The molecule has 2 bridgehead atoms. The van der Waals surface area contributed by atoms with Crippen LogP contribution in [0, 0.1) is 17.8 Å². The molecule has 5 aliphatic rings. The summed E-state index contributed by atoms with van der Waals surface area (Å²) in [5.74, 6) is 2.75. The first kappa shape index (κ1) is 29.2. The third-order valence-electron chi connectivity index (χ3n) is 12.8. The van der Waals surface area contributed by atoms with Crippen molar-refractivity contribution in [2.24, 2.45) is 17.8 Å². The number of fused-ring (bicyclic) bond motifs is 6. The van der Waals surface area contributed by atoms with Crippen LogP contribution < -0.4 is 0 Å². The fraction of sp³-hybridized carbons (Fsp3) is 0.605. The monoisotopic (exact) mass is 610 g/mol. The number of piperidine rings is 1. The molecule has 2 amide bonds. The van der Waals surface area contributed by atoms with Gasteiger partial charge in [0, 0.05) is 56.3 Å². The molecular formula is C38H50N4O3. The first-order valence-corrected chi connectivity index (χ1v) is 17.8. The molecule has 2 saturated heterocycles. The number of hydrogen-bond donors (Lipinski definition) is 2. The van der Waals surface area contributed by atoms with Crippen LogP contribution >= 0.6 is 0 Å². The summed E-state index contributed by atoms with van der Waals surface area (Å²) >= 11 is 0. The maximum Gasteiger partial charge on any atom is 0.320 e. The van der Waals surface area contributed by atoms with Gasteiger partial charge in [-0.3, -0.25) is 4.57 Å². The number of benzene rings is 2. The van der Waals surface area contributed by atoms with E-state index >= 15 is 0 Å². The molecule has 240 valence electrons. The Hall–Kier alpha value is -3.19. The second-order valence-corrected chi connectivity index (χ2v) is 15.1. The van der Waals surface area contributed by atoms with Crippen molar-refractivity contribution in [3.63, 3.8) is 0 Å². The van der Waals surface area contributed by atoms with Crippen molar-refractivity contribution in [3.8, 4) is 11.8 Å². The number of carbonyl (C=O) groups excluding carboxylic acids is 1. The molecule has 6 atom stereocenters. The molecule has 2 N–H and O–H groups in total. The van der Waals surface area contributed by atoms with E-state index in [-0.39, 0.29) is 41.6 Å². The van der Waals surface area contributed by atoms with Crippen molar-refractivity contribution in [1.82, 2.24) is 19.3 Å². The molecule has 3 aliphatic carbocycles. The minimum Gasteiger partial charge on any atom is -0.494 e. The van der Waals surface area contributed by atoms with Gasteiger partial charge in [0.15, 0.2) is 11.8 Å². The van der Waals surface area contributed by atoms with Crippen LogP contribution in [-0.2, 0) is 6.54 Å². The van der Waals surface area contributed by atoms with E-state index < -0.39 is 0 Å². The van der Waals surface area contributed by atoms with Crippen LogP contribution in [0.15, 0.2) is 42.5 Å². The van der Waals surface area contributed by atoms with E-state index in [1.165, 1.54) is 42.0 Å². The number of nitrogens with zero attached hydrogens (tertiary/aromatic N) is 4. The quantitative estimate of drug-likeness (QED) is 0.313. The number of urea groups is 1. The van der Waals surface area contributed by atoms with Crippen molar-refractivity contribution in [2.75, 3.05) is 39.8 Å². The Balaban J connectivity index is 0.939. The molecule has 7 nitrogen and oxygen atoms in total. The van der Waals surface area contributed by atoms with E-state index in [2.05, 4.69) is 54.3 Å². The van der Waals surface area contributed by atoms with Gasteiger partial charge in [0.25, 0.3) is 0 Å². The molecule has 4 unspecified atom stereocenters. The minimum atomic E-state index is 0.0628. The van der Waals surface area contributed by atoms with Crippen LogP contribution in [0.1, 0.15) is 92.7 Å². The second-order valence-electron chi connectivity index (χ2n) is 15.1. The number of rotatable bonds is 6. The van der Waals surface area contributed by atoms with Gasteiger partial charge in [-0.15, -0.1) is 0 Å². The Labute approximate surface area is 267 Å². The lowest BCUT2D eigenvalue weighted by Crippen LogP contribution is -2.48. The standard InChI is InChI=1S/C38H50N4O3/c1-24-31-21-32(35(24)39(2)38(45)41-17-5-6-18-41)34-33(31)36(43)42(37(34)44)23-28-12-7-11-27(28)22-40-19-15-26(16-20-40)30-14-8-10-25-9-3-4-13-29(25)30/h3-4,8-10,13-14,24,26-28,31-32,35,43-44H,5-7,11-12,15-23H2,1-2H3/t24?,27-,28-,31?,32?,35?/m1/s1. The van der Waals surface area contributed by atoms with Crippen molar-refractivity contribution in [1.29, 1.82) is 0 Å². The molecule has 1 aromatic heterocycles. The van der Waals surface area contributed by atoms with Crippen molar-refractivity contribution in [3.05, 3.63) is 59.2 Å². The van der Waals surface area contributed by atoms with Crippen molar-refractivity contribution < 1.29 is 15.0 Å². The number of aromatic hydroxyl groups is 2. The third-order valence-corrected chi connectivity index (χ3v) is 12.8. The maximum absolute atomic E-state index is 13.3. The summed E-state index contributed by atoms with van der Waals surface area (Å²) in [5, 5.41) is 26.0. The predicted octanol–water partition coefficient (Wildman–Crippen LogP) is 7.09. The summed E-state index contributed by atoms with van der Waals surface area (Å²) in [7, 11) is 1.95. The van der Waals surface area contributed by atoms with Gasteiger partial charge in [-0.05, 0) is 104 Å². The van der Waals surface area contributed by atoms with Gasteiger partial charge >= 0.3 is 6.03 Å². The van der Waals surface area contributed by atoms with Gasteiger partial charge in [0.05, 0.1) is 0 Å². The first-order valence-electron chi connectivity index (χ1n) is 17.8. The average Bonchev–Trinajstić information content (AvgIpc) is 3.90. The summed E-state index contributed by atoms with van der Waals surface area (Å²) in [4.78, 5) is 19.9. The summed E-state index contributed by atoms with van der Waals surface area (Å²) < 4.78 is 1.84. The number of hydrogen-bond acceptors (Lipinski definition) is 4. The smallest absolute Gasteiger partial charge is 0.320 e. The molecule has 7 heteroatoms. The summed E-state index contributed by atoms with van der Waals surface area (Å²) in [5.41, 5.74) is 3.40. The zero-order valence-electron chi connectivity index (χ0n) is 27.1. The molecule has 4 fully saturated rings. The van der Waals surface area contributed by atoms with Crippen LogP contribution in [0.4, 0.5) is 4.79 Å². The molecular weight excluding hydrogens is 560 g/mol. The highest BCUT2D eigenvalue weighted by molar-refractivity contribution is 5.86. The maximum atomic E-state index is 13.3. The molecule has 0 spiro atoms. The van der Waals surface area contributed by atoms with Crippen LogP contribution in [0.2, 0.25) is 0 Å². The third kappa shape index (κ3) is 4.83. The van der Waals surface area contributed by atoms with E-state index in [4.69, 9.17) is 0 Å². The van der Waals surface area contributed by atoms with Crippen LogP contribution in [-0.4, -0.2) is 81.3 Å². The summed E-state index contributed by atoms with van der Waals surface area (Å²) in [6.07, 6.45) is 9.08. The van der Waals surface area contributed by atoms with Gasteiger partial charge in [-0.2, -0.15) is 0 Å². The van der Waals surface area contributed by atoms with Crippen LogP contribution in [0.25, 0.3) is 10.8 Å². The highest BCUT2D eigenvalue weighted by atomic mass is 16.3. The molecule has 2 aliphatic heterocycles. The highest BCUT2D eigenvalue weighted by Gasteiger charge is 2.56. The predicted molar refractivity (Wildman–Crippen MR) is 178 cm³/mol. The summed E-state index contributed by atoms with van der Waals surface area (Å²) in [6.45, 7) is 7.99. The SMILES string of the molecule is CC1C2CC(c3c2c(O)n(C[C@H]2CCC[C@@H]2CN2CCC(c4cccc5ccccc45)CC2)c3O)C1N(C)C(=O)N1CCCC1. The summed E-state index contributed by atoms with van der Waals surface area (Å²) in [6, 6.07) is 15.8. The molecule has 8 rings (SSSR count). The minimum absolute atomic E-state index is 0.0628. The normalized spacial score (nSPS) is 30.0. The lowest BCUT2D eigenvalue weighted by molar-refractivity contribution is 0.137.